The normalized spacial score (nSPS) is 17.6. The number of hydrogen-bond acceptors (Lipinski definition) is 5. The summed E-state index contributed by atoms with van der Waals surface area (Å²) in [5, 5.41) is 3.90. The quantitative estimate of drug-likeness (QED) is 0.762. The van der Waals surface area contributed by atoms with Crippen molar-refractivity contribution in [1.29, 1.82) is 0 Å². The summed E-state index contributed by atoms with van der Waals surface area (Å²) in [6.07, 6.45) is 2.05. The Kier molecular flexibility index (Phi) is 6.51. The number of nitrogens with zero attached hydrogens (tertiary/aromatic N) is 2. The summed E-state index contributed by atoms with van der Waals surface area (Å²) in [5.74, 6) is 0.794. The smallest absolute Gasteiger partial charge is 0.227 e. The maximum Gasteiger partial charge on any atom is 0.227 e. The molecule has 1 aliphatic rings. The molecule has 152 valence electrons. The number of nitrogens with one attached hydrogen (secondary N) is 1. The first-order valence-electron chi connectivity index (χ1n) is 9.55. The van der Waals surface area contributed by atoms with Crippen molar-refractivity contribution in [2.75, 3.05) is 19.6 Å². The highest BCUT2D eigenvalue weighted by Gasteiger charge is 2.26. The van der Waals surface area contributed by atoms with Crippen molar-refractivity contribution in [3.63, 3.8) is 0 Å². The van der Waals surface area contributed by atoms with Crippen LogP contribution in [0.15, 0.2) is 34.9 Å². The van der Waals surface area contributed by atoms with Gasteiger partial charge in [-0.05, 0) is 38.2 Å². The van der Waals surface area contributed by atoms with Gasteiger partial charge in [-0.1, -0.05) is 35.5 Å². The lowest BCUT2D eigenvalue weighted by atomic mass is 9.97. The van der Waals surface area contributed by atoms with Crippen LogP contribution in [0.4, 0.5) is 0 Å². The molecule has 1 saturated heterocycles. The lowest BCUT2D eigenvalue weighted by Crippen LogP contribution is -2.44. The van der Waals surface area contributed by atoms with Crippen molar-refractivity contribution in [2.45, 2.75) is 38.9 Å². The van der Waals surface area contributed by atoms with Gasteiger partial charge in [-0.3, -0.25) is 4.79 Å². The number of carbonyl (C=O) groups is 1. The van der Waals surface area contributed by atoms with Gasteiger partial charge in [-0.2, -0.15) is 0 Å². The number of piperidine rings is 1. The molecule has 0 bridgehead atoms. The van der Waals surface area contributed by atoms with Crippen molar-refractivity contribution >= 4 is 15.9 Å². The molecular formula is C20H27N3O4S. The van der Waals surface area contributed by atoms with Crippen LogP contribution in [0.3, 0.4) is 0 Å². The van der Waals surface area contributed by atoms with Gasteiger partial charge >= 0.3 is 0 Å². The molecule has 0 aliphatic carbocycles. The van der Waals surface area contributed by atoms with E-state index >= 15 is 0 Å². The van der Waals surface area contributed by atoms with Crippen molar-refractivity contribution in [1.82, 2.24) is 14.8 Å². The summed E-state index contributed by atoms with van der Waals surface area (Å²) in [7, 11) is -3.40. The molecule has 8 heteroatoms. The largest absolute Gasteiger partial charge is 0.361 e. The summed E-state index contributed by atoms with van der Waals surface area (Å²) in [5.41, 5.74) is 2.35. The van der Waals surface area contributed by atoms with Crippen LogP contribution in [0, 0.1) is 19.8 Å². The van der Waals surface area contributed by atoms with Crippen molar-refractivity contribution in [2.24, 2.45) is 5.92 Å². The number of amides is 1. The Morgan fingerprint density at radius 2 is 2.04 bits per heavy atom. The van der Waals surface area contributed by atoms with Gasteiger partial charge in [0.05, 0.1) is 17.9 Å². The summed E-state index contributed by atoms with van der Waals surface area (Å²) < 4.78 is 32.5. The van der Waals surface area contributed by atoms with E-state index in [1.807, 2.05) is 36.9 Å². The van der Waals surface area contributed by atoms with E-state index in [1.165, 1.54) is 0 Å². The zero-order valence-corrected chi connectivity index (χ0v) is 17.2. The minimum absolute atomic E-state index is 0.0325. The van der Waals surface area contributed by atoms with Crippen LogP contribution in [-0.2, 0) is 27.0 Å². The first kappa shape index (κ1) is 20.5. The number of hydrogen-bond donors (Lipinski definition) is 1. The van der Waals surface area contributed by atoms with Crippen LogP contribution < -0.4 is 4.72 Å². The van der Waals surface area contributed by atoms with Gasteiger partial charge in [0.15, 0.2) is 0 Å². The molecule has 1 fully saturated rings. The van der Waals surface area contributed by atoms with Gasteiger partial charge in [0, 0.05) is 25.2 Å². The topological polar surface area (TPSA) is 92.5 Å². The summed E-state index contributed by atoms with van der Waals surface area (Å²) >= 11 is 0. The molecule has 7 nitrogen and oxygen atoms in total. The lowest BCUT2D eigenvalue weighted by Gasteiger charge is -2.33. The van der Waals surface area contributed by atoms with E-state index in [0.717, 1.165) is 29.7 Å². The molecule has 1 aromatic carbocycles. The molecule has 28 heavy (non-hydrogen) atoms. The fraction of sp³-hybridized carbons (Fsp3) is 0.500. The summed E-state index contributed by atoms with van der Waals surface area (Å²) in [4.78, 5) is 14.5. The zero-order chi connectivity index (χ0) is 20.1. The molecule has 1 aromatic heterocycles. The zero-order valence-electron chi connectivity index (χ0n) is 16.3. The molecule has 1 atom stereocenters. The van der Waals surface area contributed by atoms with Gasteiger partial charge in [0.25, 0.3) is 0 Å². The molecule has 1 unspecified atom stereocenters. The molecule has 0 radical (unpaired) electrons. The molecule has 1 amide bonds. The predicted octanol–water partition coefficient (Wildman–Crippen LogP) is 2.19. The molecule has 0 saturated carbocycles. The number of sulfonamides is 1. The first-order valence-corrected chi connectivity index (χ1v) is 11.2. The summed E-state index contributed by atoms with van der Waals surface area (Å²) in [6.45, 7) is 5.26. The van der Waals surface area contributed by atoms with E-state index in [2.05, 4.69) is 9.88 Å². The number of carbonyl (C=O) groups excluding carboxylic acids is 1. The third kappa shape index (κ3) is 5.42. The Morgan fingerprint density at radius 3 is 2.71 bits per heavy atom. The molecule has 2 aromatic rings. The second-order valence-corrected chi connectivity index (χ2v) is 9.23. The molecular weight excluding hydrogens is 378 g/mol. The lowest BCUT2D eigenvalue weighted by molar-refractivity contribution is -0.132. The molecule has 1 aliphatic heterocycles. The van der Waals surface area contributed by atoms with E-state index in [1.54, 1.807) is 12.1 Å². The third-order valence-corrected chi connectivity index (χ3v) is 6.49. The SMILES string of the molecule is Cc1noc(C)c1CC(=O)N1CCCC(CNS(=O)(=O)Cc2ccccc2)C1. The third-order valence-electron chi connectivity index (χ3n) is 5.17. The van der Waals surface area contributed by atoms with Gasteiger partial charge in [0.1, 0.15) is 5.76 Å². The second-order valence-electron chi connectivity index (χ2n) is 7.42. The van der Waals surface area contributed by atoms with E-state index in [4.69, 9.17) is 4.52 Å². The van der Waals surface area contributed by atoms with Crippen molar-refractivity contribution < 1.29 is 17.7 Å². The highest BCUT2D eigenvalue weighted by Crippen LogP contribution is 2.19. The average Bonchev–Trinajstić information content (AvgIpc) is 2.99. The number of benzene rings is 1. The van der Waals surface area contributed by atoms with E-state index in [-0.39, 0.29) is 24.0 Å². The van der Waals surface area contributed by atoms with E-state index in [9.17, 15) is 13.2 Å². The Labute approximate surface area is 166 Å². The minimum Gasteiger partial charge on any atom is -0.361 e. The van der Waals surface area contributed by atoms with Crippen LogP contribution in [-0.4, -0.2) is 44.0 Å². The number of rotatable bonds is 7. The number of aryl methyl sites for hydroxylation is 2. The Hall–Kier alpha value is -2.19. The fourth-order valence-electron chi connectivity index (χ4n) is 3.56. The average molecular weight is 406 g/mol. The summed E-state index contributed by atoms with van der Waals surface area (Å²) in [6, 6.07) is 9.12. The van der Waals surface area contributed by atoms with Crippen LogP contribution >= 0.6 is 0 Å². The monoisotopic (exact) mass is 405 g/mol. The van der Waals surface area contributed by atoms with Gasteiger partial charge in [-0.15, -0.1) is 0 Å². The van der Waals surface area contributed by atoms with E-state index in [0.29, 0.717) is 25.4 Å². The first-order chi connectivity index (χ1) is 13.3. The molecule has 2 heterocycles. The van der Waals surface area contributed by atoms with Crippen molar-refractivity contribution in [3.8, 4) is 0 Å². The number of aromatic nitrogens is 1. The number of likely N-dealkylation sites (tertiary alicyclic amines) is 1. The second kappa shape index (κ2) is 8.87. The van der Waals surface area contributed by atoms with Crippen LogP contribution in [0.25, 0.3) is 0 Å². The van der Waals surface area contributed by atoms with Crippen LogP contribution in [0.2, 0.25) is 0 Å². The van der Waals surface area contributed by atoms with Crippen molar-refractivity contribution in [3.05, 3.63) is 52.9 Å². The van der Waals surface area contributed by atoms with E-state index < -0.39 is 10.0 Å². The Morgan fingerprint density at radius 1 is 1.29 bits per heavy atom. The highest BCUT2D eigenvalue weighted by molar-refractivity contribution is 7.88. The van der Waals surface area contributed by atoms with Crippen LogP contribution in [0.5, 0.6) is 0 Å². The van der Waals surface area contributed by atoms with Gasteiger partial charge < -0.3 is 9.42 Å². The van der Waals surface area contributed by atoms with Gasteiger partial charge in [-0.25, -0.2) is 13.1 Å². The Balaban J connectivity index is 1.52. The Bertz CT molecular complexity index is 889. The predicted molar refractivity (Wildman–Crippen MR) is 106 cm³/mol. The molecule has 3 rings (SSSR count). The highest BCUT2D eigenvalue weighted by atomic mass is 32.2. The van der Waals surface area contributed by atoms with Gasteiger partial charge in [0.2, 0.25) is 15.9 Å². The standard InChI is InChI=1S/C20H27N3O4S/c1-15-19(16(2)27-22-15)11-20(24)23-10-6-9-18(13-23)12-21-28(25,26)14-17-7-4-3-5-8-17/h3-5,7-8,18,21H,6,9-14H2,1-2H3. The maximum atomic E-state index is 12.7. The molecule has 0 spiro atoms. The van der Waals surface area contributed by atoms with Crippen LogP contribution in [0.1, 0.15) is 35.4 Å². The molecule has 1 N–H and O–H groups in total. The fourth-order valence-corrected chi connectivity index (χ4v) is 4.79. The minimum atomic E-state index is -3.40. The maximum absolute atomic E-state index is 12.7.